The van der Waals surface area contributed by atoms with Crippen molar-refractivity contribution in [3.8, 4) is 0 Å². The Bertz CT molecular complexity index is 465. The van der Waals surface area contributed by atoms with E-state index in [9.17, 15) is 23.1 Å². The molecule has 2 atom stereocenters. The fourth-order valence-electron chi connectivity index (χ4n) is 1.47. The maximum atomic E-state index is 13.3. The molecule has 0 heterocycles. The Labute approximate surface area is 109 Å². The lowest BCUT2D eigenvalue weighted by Crippen LogP contribution is -2.35. The van der Waals surface area contributed by atoms with Crippen LogP contribution in [0.25, 0.3) is 0 Å². The molecule has 0 saturated carbocycles. The molecule has 1 aromatic rings. The van der Waals surface area contributed by atoms with E-state index in [1.807, 2.05) is 6.92 Å². The molecule has 1 amide bonds. The summed E-state index contributed by atoms with van der Waals surface area (Å²) in [6.07, 6.45) is -0.0568. The smallest absolute Gasteiger partial charge is 0.254 e. The van der Waals surface area contributed by atoms with Crippen LogP contribution in [0.15, 0.2) is 12.1 Å². The number of rotatable bonds is 5. The molecule has 0 aromatic heterocycles. The highest BCUT2D eigenvalue weighted by Gasteiger charge is 2.20. The molecule has 19 heavy (non-hydrogen) atoms. The van der Waals surface area contributed by atoms with Gasteiger partial charge in [0, 0.05) is 6.54 Å². The molecule has 1 aromatic carbocycles. The van der Waals surface area contributed by atoms with Gasteiger partial charge in [0.25, 0.3) is 5.91 Å². The summed E-state index contributed by atoms with van der Waals surface area (Å²) in [5, 5.41) is 11.9. The summed E-state index contributed by atoms with van der Waals surface area (Å²) in [4.78, 5) is 11.6. The van der Waals surface area contributed by atoms with Crippen molar-refractivity contribution < 1.29 is 23.1 Å². The van der Waals surface area contributed by atoms with E-state index >= 15 is 0 Å². The van der Waals surface area contributed by atoms with Crippen LogP contribution in [0.3, 0.4) is 0 Å². The number of aliphatic hydroxyl groups is 1. The van der Waals surface area contributed by atoms with Crippen LogP contribution < -0.4 is 5.32 Å². The summed E-state index contributed by atoms with van der Waals surface area (Å²) in [5.74, 6) is -5.49. The lowest BCUT2D eigenvalue weighted by Gasteiger charge is -2.17. The van der Waals surface area contributed by atoms with Crippen LogP contribution in [0.5, 0.6) is 0 Å². The Morgan fingerprint density at radius 1 is 1.32 bits per heavy atom. The first kappa shape index (κ1) is 15.5. The molecule has 2 unspecified atom stereocenters. The largest absolute Gasteiger partial charge is 0.391 e. The molecule has 0 saturated heterocycles. The first-order valence-corrected chi connectivity index (χ1v) is 5.98. The van der Waals surface area contributed by atoms with Crippen LogP contribution in [0.2, 0.25) is 0 Å². The van der Waals surface area contributed by atoms with Gasteiger partial charge in [-0.3, -0.25) is 4.79 Å². The fraction of sp³-hybridized carbons (Fsp3) is 0.462. The second-order valence-corrected chi connectivity index (χ2v) is 4.39. The summed E-state index contributed by atoms with van der Waals surface area (Å²) in [7, 11) is 0. The van der Waals surface area contributed by atoms with Crippen LogP contribution in [-0.2, 0) is 0 Å². The summed E-state index contributed by atoms with van der Waals surface area (Å²) in [6.45, 7) is 3.60. The number of benzene rings is 1. The van der Waals surface area contributed by atoms with Gasteiger partial charge in [0.1, 0.15) is 0 Å². The number of carbonyl (C=O) groups excluding carboxylic acids is 1. The zero-order valence-electron chi connectivity index (χ0n) is 10.7. The van der Waals surface area contributed by atoms with Gasteiger partial charge in [-0.25, -0.2) is 13.2 Å². The van der Waals surface area contributed by atoms with Crippen molar-refractivity contribution in [2.75, 3.05) is 6.54 Å². The van der Waals surface area contributed by atoms with Crippen LogP contribution in [0, 0.1) is 23.4 Å². The van der Waals surface area contributed by atoms with Crippen molar-refractivity contribution in [2.24, 2.45) is 5.92 Å². The number of hydrogen-bond donors (Lipinski definition) is 2. The fourth-order valence-corrected chi connectivity index (χ4v) is 1.47. The Balaban J connectivity index is 2.72. The van der Waals surface area contributed by atoms with E-state index in [1.54, 1.807) is 6.92 Å². The molecule has 106 valence electrons. The molecule has 2 N–H and O–H groups in total. The SMILES string of the molecule is CCC(C)C(O)CNC(=O)c1ccc(F)c(F)c1F. The van der Waals surface area contributed by atoms with Gasteiger partial charge in [-0.05, 0) is 18.1 Å². The Kier molecular flexibility index (Phi) is 5.35. The molecular weight excluding hydrogens is 259 g/mol. The van der Waals surface area contributed by atoms with E-state index in [1.165, 1.54) is 0 Å². The van der Waals surface area contributed by atoms with Gasteiger partial charge in [0.05, 0.1) is 11.7 Å². The third-order valence-electron chi connectivity index (χ3n) is 3.05. The van der Waals surface area contributed by atoms with Gasteiger partial charge >= 0.3 is 0 Å². The predicted octanol–water partition coefficient (Wildman–Crippen LogP) is 2.24. The average molecular weight is 275 g/mol. The van der Waals surface area contributed by atoms with E-state index in [-0.39, 0.29) is 12.5 Å². The second-order valence-electron chi connectivity index (χ2n) is 4.39. The van der Waals surface area contributed by atoms with Gasteiger partial charge in [0.15, 0.2) is 17.5 Å². The van der Waals surface area contributed by atoms with Gasteiger partial charge in [0.2, 0.25) is 0 Å². The van der Waals surface area contributed by atoms with Crippen LogP contribution in [0.1, 0.15) is 30.6 Å². The standard InChI is InChI=1S/C13H16F3NO2/c1-3-7(2)10(18)6-17-13(19)8-4-5-9(14)12(16)11(8)15/h4-5,7,10,18H,3,6H2,1-2H3,(H,17,19). The predicted molar refractivity (Wildman–Crippen MR) is 64.1 cm³/mol. The molecule has 1 rings (SSSR count). The van der Waals surface area contributed by atoms with Gasteiger partial charge < -0.3 is 10.4 Å². The average Bonchev–Trinajstić information content (AvgIpc) is 2.41. The van der Waals surface area contributed by atoms with Crippen LogP contribution in [0.4, 0.5) is 13.2 Å². The summed E-state index contributed by atoms with van der Waals surface area (Å²) < 4.78 is 39.0. The second kappa shape index (κ2) is 6.56. The zero-order valence-corrected chi connectivity index (χ0v) is 10.7. The topological polar surface area (TPSA) is 49.3 Å². The first-order valence-electron chi connectivity index (χ1n) is 5.98. The molecule has 0 radical (unpaired) electrons. The highest BCUT2D eigenvalue weighted by Crippen LogP contribution is 2.15. The molecule has 3 nitrogen and oxygen atoms in total. The number of amides is 1. The molecule has 0 aliphatic heterocycles. The Hall–Kier alpha value is -1.56. The summed E-state index contributed by atoms with van der Waals surface area (Å²) >= 11 is 0. The first-order chi connectivity index (χ1) is 8.88. The number of nitrogens with one attached hydrogen (secondary N) is 1. The molecule has 0 fully saturated rings. The van der Waals surface area contributed by atoms with Gasteiger partial charge in [-0.2, -0.15) is 0 Å². The Morgan fingerprint density at radius 2 is 1.95 bits per heavy atom. The number of halogens is 3. The van der Waals surface area contributed by atoms with Crippen LogP contribution in [-0.4, -0.2) is 23.7 Å². The molecule has 0 bridgehead atoms. The molecule has 6 heteroatoms. The molecular formula is C13H16F3NO2. The van der Waals surface area contributed by atoms with Crippen molar-refractivity contribution in [1.82, 2.24) is 5.32 Å². The summed E-state index contributed by atoms with van der Waals surface area (Å²) in [5.41, 5.74) is -0.588. The highest BCUT2D eigenvalue weighted by atomic mass is 19.2. The van der Waals surface area contributed by atoms with Crippen molar-refractivity contribution in [3.63, 3.8) is 0 Å². The summed E-state index contributed by atoms with van der Waals surface area (Å²) in [6, 6.07) is 1.54. The number of aliphatic hydroxyl groups excluding tert-OH is 1. The van der Waals surface area contributed by atoms with E-state index < -0.39 is 35.0 Å². The van der Waals surface area contributed by atoms with Gasteiger partial charge in [-0.15, -0.1) is 0 Å². The molecule has 0 aliphatic rings. The van der Waals surface area contributed by atoms with E-state index in [2.05, 4.69) is 5.32 Å². The normalized spacial score (nSPS) is 14.0. The highest BCUT2D eigenvalue weighted by molar-refractivity contribution is 5.94. The van der Waals surface area contributed by atoms with Crippen LogP contribution >= 0.6 is 0 Å². The minimum atomic E-state index is -1.69. The maximum absolute atomic E-state index is 13.3. The number of hydrogen-bond acceptors (Lipinski definition) is 2. The third kappa shape index (κ3) is 3.70. The van der Waals surface area contributed by atoms with Crippen molar-refractivity contribution in [1.29, 1.82) is 0 Å². The minimum absolute atomic E-state index is 0.0323. The van der Waals surface area contributed by atoms with E-state index in [4.69, 9.17) is 0 Å². The van der Waals surface area contributed by atoms with E-state index in [0.717, 1.165) is 12.5 Å². The third-order valence-corrected chi connectivity index (χ3v) is 3.05. The van der Waals surface area contributed by atoms with Gasteiger partial charge in [-0.1, -0.05) is 20.3 Å². The Morgan fingerprint density at radius 3 is 2.53 bits per heavy atom. The zero-order chi connectivity index (χ0) is 14.6. The lowest BCUT2D eigenvalue weighted by molar-refractivity contribution is 0.0845. The van der Waals surface area contributed by atoms with Crippen molar-refractivity contribution in [3.05, 3.63) is 35.1 Å². The quantitative estimate of drug-likeness (QED) is 0.810. The monoisotopic (exact) mass is 275 g/mol. The maximum Gasteiger partial charge on any atom is 0.254 e. The van der Waals surface area contributed by atoms with E-state index in [0.29, 0.717) is 6.07 Å². The minimum Gasteiger partial charge on any atom is -0.391 e. The molecule has 0 aliphatic carbocycles. The molecule has 0 spiro atoms. The lowest BCUT2D eigenvalue weighted by atomic mass is 10.0. The number of carbonyl (C=O) groups is 1. The van der Waals surface area contributed by atoms with Crippen molar-refractivity contribution >= 4 is 5.91 Å². The van der Waals surface area contributed by atoms with Crippen molar-refractivity contribution in [2.45, 2.75) is 26.4 Å².